The molecule has 0 aliphatic rings. The molecule has 0 bridgehead atoms. The normalized spacial score (nSPS) is 12.5. The summed E-state index contributed by atoms with van der Waals surface area (Å²) in [5, 5.41) is 8.89. The number of rotatable bonds is 12. The van der Waals surface area contributed by atoms with E-state index in [1.54, 1.807) is 0 Å². The molecule has 21 heavy (non-hydrogen) atoms. The van der Waals surface area contributed by atoms with Gasteiger partial charge in [-0.15, -0.1) is 0 Å². The molecule has 0 saturated heterocycles. The third kappa shape index (κ3) is 13.7. The Morgan fingerprint density at radius 3 is 1.86 bits per heavy atom. The predicted octanol–water partition coefficient (Wildman–Crippen LogP) is 2.47. The van der Waals surface area contributed by atoms with Gasteiger partial charge in [0.15, 0.2) is 5.44 Å². The van der Waals surface area contributed by atoms with Crippen LogP contribution in [0.3, 0.4) is 0 Å². The van der Waals surface area contributed by atoms with E-state index >= 15 is 0 Å². The zero-order valence-electron chi connectivity index (χ0n) is 12.6. The first-order valence-electron chi connectivity index (χ1n) is 7.54. The van der Waals surface area contributed by atoms with Crippen LogP contribution in [0.1, 0.15) is 78.1 Å². The summed E-state index contributed by atoms with van der Waals surface area (Å²) in [4.78, 5) is 11.3. The fourth-order valence-corrected chi connectivity index (χ4v) is 2.30. The molecule has 0 heterocycles. The van der Waals surface area contributed by atoms with Gasteiger partial charge in [-0.05, 0) is 13.3 Å². The Balaban J connectivity index is 0. The summed E-state index contributed by atoms with van der Waals surface area (Å²) in [6, 6.07) is 0. The molecule has 1 N–H and O–H groups in total. The molecule has 122 valence electrons. The van der Waals surface area contributed by atoms with Crippen LogP contribution < -0.4 is 0 Å². The van der Waals surface area contributed by atoms with Crippen molar-refractivity contribution in [1.29, 1.82) is 0 Å². The van der Waals surface area contributed by atoms with Crippen LogP contribution in [0.15, 0.2) is 0 Å². The number of aliphatic hydroxyl groups is 1. The Hall–Kier alpha value is 0.380. The summed E-state index contributed by atoms with van der Waals surface area (Å²) in [7, 11) is -4.15. The van der Waals surface area contributed by atoms with Gasteiger partial charge < -0.3 is 9.29 Å². The number of hydrogen-bond donors (Lipinski definition) is 1. The number of aliphatic hydroxyl groups excluding tert-OH is 1. The molecule has 1 atom stereocenters. The van der Waals surface area contributed by atoms with E-state index in [9.17, 15) is 13.2 Å². The van der Waals surface area contributed by atoms with E-state index in [4.69, 9.17) is 5.11 Å². The fraction of sp³-hybridized carbons (Fsp3) is 0.929. The summed E-state index contributed by atoms with van der Waals surface area (Å²) in [6.45, 7) is 3.25. The molecular weight excluding hydrogens is 303 g/mol. The van der Waals surface area contributed by atoms with Crippen molar-refractivity contribution in [3.8, 4) is 0 Å². The van der Waals surface area contributed by atoms with E-state index < -0.39 is 21.5 Å². The van der Waals surface area contributed by atoms with Crippen LogP contribution >= 0.6 is 0 Å². The molecule has 0 spiro atoms. The van der Waals surface area contributed by atoms with Gasteiger partial charge in [-0.25, -0.2) is 0 Å². The van der Waals surface area contributed by atoms with E-state index in [0.717, 1.165) is 26.2 Å². The molecule has 5 nitrogen and oxygen atoms in total. The van der Waals surface area contributed by atoms with E-state index in [-0.39, 0.29) is 36.0 Å². The molecule has 0 aromatic heterocycles. The minimum atomic E-state index is -4.15. The first kappa shape index (κ1) is 23.6. The molecule has 0 aliphatic heterocycles. The van der Waals surface area contributed by atoms with Crippen molar-refractivity contribution in [1.82, 2.24) is 0 Å². The molecule has 0 aromatic carbocycles. The first-order chi connectivity index (χ1) is 9.40. The van der Waals surface area contributed by atoms with Gasteiger partial charge >= 0.3 is 45.6 Å². The summed E-state index contributed by atoms with van der Waals surface area (Å²) < 4.78 is 26.5. The van der Waals surface area contributed by atoms with Gasteiger partial charge in [0.2, 0.25) is 0 Å². The fourth-order valence-electron chi connectivity index (χ4n) is 1.82. The summed E-state index contributed by atoms with van der Waals surface area (Å²) in [5.41, 5.74) is -1.67. The molecule has 0 rings (SSSR count). The third-order valence-corrected chi connectivity index (χ3v) is 4.37. The van der Waals surface area contributed by atoms with Gasteiger partial charge in [-0.1, -0.05) is 58.3 Å². The number of unbranched alkanes of at least 4 members (excludes halogenated alkanes) is 8. The van der Waals surface area contributed by atoms with Gasteiger partial charge in [-0.3, -0.25) is 4.79 Å². The average Bonchev–Trinajstić information content (AvgIpc) is 2.36. The minimum absolute atomic E-state index is 0. The van der Waals surface area contributed by atoms with E-state index in [2.05, 4.69) is 11.1 Å². The van der Waals surface area contributed by atoms with Crippen LogP contribution in [0.4, 0.5) is 0 Å². The molecule has 7 heteroatoms. The second-order valence-electron chi connectivity index (χ2n) is 5.13. The zero-order valence-corrected chi connectivity index (χ0v) is 13.5. The molecule has 1 unspecified atom stereocenters. The molecule has 0 aliphatic carbocycles. The second-order valence-corrected chi connectivity index (χ2v) is 6.96. The summed E-state index contributed by atoms with van der Waals surface area (Å²) >= 11 is 0. The molecule has 0 amide bonds. The van der Waals surface area contributed by atoms with Crippen molar-refractivity contribution >= 4 is 45.6 Å². The van der Waals surface area contributed by atoms with Crippen LogP contribution in [-0.4, -0.2) is 54.5 Å². The van der Waals surface area contributed by atoms with E-state index in [1.807, 2.05) is 0 Å². The summed E-state index contributed by atoms with van der Waals surface area (Å²) in [6.07, 6.45) is 10.2. The SMILES string of the molecule is CCCCCCCCCCCC(=O)OS(=O)(=O)C(C)O.[NaH]. The molecule has 0 radical (unpaired) electrons. The van der Waals surface area contributed by atoms with Gasteiger partial charge in [0, 0.05) is 6.42 Å². The zero-order chi connectivity index (χ0) is 15.4. The number of hydrogen-bond acceptors (Lipinski definition) is 5. The van der Waals surface area contributed by atoms with Crippen molar-refractivity contribution in [2.24, 2.45) is 0 Å². The van der Waals surface area contributed by atoms with Crippen LogP contribution in [0.5, 0.6) is 0 Å². The maximum atomic E-state index is 11.3. The van der Waals surface area contributed by atoms with E-state index in [0.29, 0.717) is 6.42 Å². The number of carbonyl (C=O) groups is 1. The Morgan fingerprint density at radius 2 is 1.43 bits per heavy atom. The third-order valence-electron chi connectivity index (χ3n) is 3.11. The summed E-state index contributed by atoms with van der Waals surface area (Å²) in [5.74, 6) is -0.783. The first-order valence-corrected chi connectivity index (χ1v) is 9.01. The van der Waals surface area contributed by atoms with Gasteiger partial charge in [-0.2, -0.15) is 8.42 Å². The molecule has 0 fully saturated rings. The van der Waals surface area contributed by atoms with Crippen LogP contribution in [0, 0.1) is 0 Å². The van der Waals surface area contributed by atoms with Crippen molar-refractivity contribution < 1.29 is 22.5 Å². The predicted molar refractivity (Wildman–Crippen MR) is 85.7 cm³/mol. The average molecular weight is 332 g/mol. The number of carbonyl (C=O) groups excluding carboxylic acids is 1. The van der Waals surface area contributed by atoms with Crippen LogP contribution in [0.2, 0.25) is 0 Å². The van der Waals surface area contributed by atoms with Crippen LogP contribution in [-0.2, 0) is 19.1 Å². The van der Waals surface area contributed by atoms with Crippen molar-refractivity contribution in [2.45, 2.75) is 83.5 Å². The second kappa shape index (κ2) is 14.0. The Morgan fingerprint density at radius 1 is 1.00 bits per heavy atom. The quantitative estimate of drug-likeness (QED) is 0.337. The van der Waals surface area contributed by atoms with Crippen LogP contribution in [0.25, 0.3) is 0 Å². The van der Waals surface area contributed by atoms with Gasteiger partial charge in [0.1, 0.15) is 0 Å². The maximum absolute atomic E-state index is 11.3. The molecule has 0 aromatic rings. The monoisotopic (exact) mass is 332 g/mol. The van der Waals surface area contributed by atoms with Crippen molar-refractivity contribution in [3.63, 3.8) is 0 Å². The van der Waals surface area contributed by atoms with Crippen molar-refractivity contribution in [2.75, 3.05) is 0 Å². The Kier molecular flexibility index (Phi) is 15.8. The molecular formula is C14H29NaO5S. The molecule has 0 saturated carbocycles. The van der Waals surface area contributed by atoms with Crippen molar-refractivity contribution in [3.05, 3.63) is 0 Å². The Labute approximate surface area is 151 Å². The van der Waals surface area contributed by atoms with Gasteiger partial charge in [0.25, 0.3) is 0 Å². The van der Waals surface area contributed by atoms with E-state index in [1.165, 1.54) is 32.1 Å². The standard InChI is InChI=1S/C14H28O5S.Na.H/c1-3-4-5-6-7-8-9-10-11-12-14(16)19-20(17,18)13(2)15;;/h13,15H,3-12H2,1-2H3;;. The Bertz CT molecular complexity index is 354. The van der Waals surface area contributed by atoms with Gasteiger partial charge in [0.05, 0.1) is 0 Å². The topological polar surface area (TPSA) is 80.7 Å².